The molecule has 0 fully saturated rings. The summed E-state index contributed by atoms with van der Waals surface area (Å²) in [5.74, 6) is -1.78. The lowest BCUT2D eigenvalue weighted by atomic mass is 10.1. The minimum absolute atomic E-state index is 0.0532. The van der Waals surface area contributed by atoms with Gasteiger partial charge in [0.1, 0.15) is 0 Å². The Balaban J connectivity index is 2.20. The molecule has 0 aliphatic carbocycles. The van der Waals surface area contributed by atoms with Gasteiger partial charge in [0.25, 0.3) is 0 Å². The van der Waals surface area contributed by atoms with Crippen LogP contribution in [0.15, 0.2) is 58.3 Å². The quantitative estimate of drug-likeness (QED) is 0.472. The number of hydrogen-bond donors (Lipinski definition) is 0. The van der Waals surface area contributed by atoms with Crippen LogP contribution in [0.4, 0.5) is 13.2 Å². The lowest BCUT2D eigenvalue weighted by Gasteiger charge is -2.22. The van der Waals surface area contributed by atoms with Crippen LogP contribution in [0.3, 0.4) is 0 Å². The monoisotopic (exact) mass is 480 g/mol. The lowest BCUT2D eigenvalue weighted by molar-refractivity contribution is -0.138. The molecule has 33 heavy (non-hydrogen) atoms. The molecule has 1 heterocycles. The first-order valence-electron chi connectivity index (χ1n) is 9.94. The normalized spacial score (nSPS) is 12.6. The van der Waals surface area contributed by atoms with Crippen LogP contribution >= 0.6 is 0 Å². The number of benzene rings is 2. The molecule has 0 radical (unpaired) electrons. The zero-order chi connectivity index (χ0) is 24.8. The summed E-state index contributed by atoms with van der Waals surface area (Å²) in [7, 11) is -4.21. The summed E-state index contributed by atoms with van der Waals surface area (Å²) in [6.07, 6.45) is -4.80. The molecule has 3 aromatic rings. The Morgan fingerprint density at radius 3 is 2.09 bits per heavy atom. The maximum Gasteiger partial charge on any atom is 0.417 e. The molecule has 10 heteroatoms. The maximum absolute atomic E-state index is 13.4. The fraction of sp³-hybridized carbons (Fsp3) is 0.304. The third-order valence-electron chi connectivity index (χ3n) is 4.84. The number of hydrogen-bond acceptors (Lipinski definition) is 5. The predicted molar refractivity (Wildman–Crippen MR) is 115 cm³/mol. The average molecular weight is 481 g/mol. The van der Waals surface area contributed by atoms with E-state index < -0.39 is 44.5 Å². The van der Waals surface area contributed by atoms with Crippen molar-refractivity contribution >= 4 is 15.8 Å². The second kappa shape index (κ2) is 8.33. The van der Waals surface area contributed by atoms with E-state index in [2.05, 4.69) is 5.10 Å². The molecule has 0 aliphatic heterocycles. The molecule has 0 N–H and O–H groups in total. The number of esters is 1. The van der Waals surface area contributed by atoms with Crippen molar-refractivity contribution in [2.45, 2.75) is 56.1 Å². The third-order valence-corrected chi connectivity index (χ3v) is 6.74. The van der Waals surface area contributed by atoms with Gasteiger partial charge in [-0.25, -0.2) is 17.9 Å². The molecule has 0 spiro atoms. The number of carbonyl (C=O) groups is 1. The van der Waals surface area contributed by atoms with Gasteiger partial charge in [-0.05, 0) is 58.9 Å². The molecule has 2 aromatic carbocycles. The SMILES string of the molecule is Cc1ccc(S(=O)(=O)c2c(C)nn(C(C)(C)C)c2OC(=O)c2ccccc2C(F)(F)F)cc1. The molecule has 0 unspecified atom stereocenters. The number of nitrogens with zero attached hydrogens (tertiary/aromatic N) is 2. The fourth-order valence-electron chi connectivity index (χ4n) is 3.23. The van der Waals surface area contributed by atoms with Crippen LogP contribution in [-0.2, 0) is 21.6 Å². The summed E-state index contributed by atoms with van der Waals surface area (Å²) in [5, 5.41) is 4.25. The van der Waals surface area contributed by atoms with Gasteiger partial charge in [-0.15, -0.1) is 0 Å². The summed E-state index contributed by atoms with van der Waals surface area (Å²) in [6, 6.07) is 10.2. The summed E-state index contributed by atoms with van der Waals surface area (Å²) in [4.78, 5) is 12.4. The van der Waals surface area contributed by atoms with Gasteiger partial charge in [0.15, 0.2) is 4.90 Å². The van der Waals surface area contributed by atoms with E-state index in [9.17, 15) is 26.4 Å². The fourth-order valence-corrected chi connectivity index (χ4v) is 4.75. The number of ether oxygens (including phenoxy) is 1. The van der Waals surface area contributed by atoms with Crippen molar-refractivity contribution < 1.29 is 31.1 Å². The molecule has 6 nitrogen and oxygen atoms in total. The first-order chi connectivity index (χ1) is 15.1. The van der Waals surface area contributed by atoms with Crippen LogP contribution in [0, 0.1) is 13.8 Å². The van der Waals surface area contributed by atoms with Crippen LogP contribution < -0.4 is 4.74 Å². The highest BCUT2D eigenvalue weighted by molar-refractivity contribution is 7.91. The number of carbonyl (C=O) groups excluding carboxylic acids is 1. The molecule has 0 atom stereocenters. The van der Waals surface area contributed by atoms with E-state index in [-0.39, 0.29) is 15.5 Å². The summed E-state index contributed by atoms with van der Waals surface area (Å²) < 4.78 is 73.7. The summed E-state index contributed by atoms with van der Waals surface area (Å²) in [6.45, 7) is 8.32. The van der Waals surface area contributed by atoms with Crippen molar-refractivity contribution in [3.05, 3.63) is 70.9 Å². The molecule has 176 valence electrons. The van der Waals surface area contributed by atoms with Crippen molar-refractivity contribution in [3.8, 4) is 5.88 Å². The first-order valence-corrected chi connectivity index (χ1v) is 11.4. The van der Waals surface area contributed by atoms with Crippen LogP contribution in [0.25, 0.3) is 0 Å². The number of halogens is 3. The van der Waals surface area contributed by atoms with Crippen molar-refractivity contribution in [2.75, 3.05) is 0 Å². The average Bonchev–Trinajstić information content (AvgIpc) is 3.04. The highest BCUT2D eigenvalue weighted by Gasteiger charge is 2.38. The standard InChI is InChI=1S/C23H23F3N2O4S/c1-14-10-12-16(13-11-14)33(30,31)19-15(2)27-28(22(3,4)5)20(19)32-21(29)17-8-6-7-9-18(17)23(24,25)26/h6-13H,1-5H3. The van der Waals surface area contributed by atoms with E-state index in [0.717, 1.165) is 23.8 Å². The van der Waals surface area contributed by atoms with Crippen molar-refractivity contribution in [1.82, 2.24) is 9.78 Å². The molecule has 0 aliphatic rings. The lowest BCUT2D eigenvalue weighted by Crippen LogP contribution is -2.26. The van der Waals surface area contributed by atoms with Gasteiger partial charge in [0.2, 0.25) is 15.7 Å². The number of aryl methyl sites for hydroxylation is 2. The van der Waals surface area contributed by atoms with Gasteiger partial charge >= 0.3 is 12.1 Å². The number of alkyl halides is 3. The highest BCUT2D eigenvalue weighted by atomic mass is 32.2. The van der Waals surface area contributed by atoms with Gasteiger partial charge in [0, 0.05) is 0 Å². The minimum Gasteiger partial charge on any atom is -0.403 e. The van der Waals surface area contributed by atoms with Gasteiger partial charge in [-0.3, -0.25) is 0 Å². The Morgan fingerprint density at radius 1 is 0.970 bits per heavy atom. The van der Waals surface area contributed by atoms with E-state index in [1.807, 2.05) is 0 Å². The van der Waals surface area contributed by atoms with E-state index in [1.165, 1.54) is 29.8 Å². The van der Waals surface area contributed by atoms with Crippen LogP contribution in [-0.4, -0.2) is 24.2 Å². The zero-order valence-electron chi connectivity index (χ0n) is 18.7. The van der Waals surface area contributed by atoms with Crippen LogP contribution in [0.2, 0.25) is 0 Å². The smallest absolute Gasteiger partial charge is 0.403 e. The van der Waals surface area contributed by atoms with Crippen molar-refractivity contribution in [3.63, 3.8) is 0 Å². The van der Waals surface area contributed by atoms with Crippen molar-refractivity contribution in [1.29, 1.82) is 0 Å². The van der Waals surface area contributed by atoms with Crippen molar-refractivity contribution in [2.24, 2.45) is 0 Å². The maximum atomic E-state index is 13.4. The number of sulfone groups is 1. The number of rotatable bonds is 4. The Kier molecular flexibility index (Phi) is 6.18. The molecular weight excluding hydrogens is 457 g/mol. The first kappa shape index (κ1) is 24.5. The summed E-state index contributed by atoms with van der Waals surface area (Å²) in [5.41, 5.74) is -1.87. The summed E-state index contributed by atoms with van der Waals surface area (Å²) >= 11 is 0. The van der Waals surface area contributed by atoms with Gasteiger partial charge in [-0.1, -0.05) is 29.8 Å². The Hall–Kier alpha value is -3.14. The van der Waals surface area contributed by atoms with E-state index in [1.54, 1.807) is 39.8 Å². The van der Waals surface area contributed by atoms with E-state index in [0.29, 0.717) is 0 Å². The number of aromatic nitrogens is 2. The Bertz CT molecular complexity index is 1300. The van der Waals surface area contributed by atoms with Crippen LogP contribution in [0.5, 0.6) is 5.88 Å². The molecular formula is C23H23F3N2O4S. The van der Waals surface area contributed by atoms with Gasteiger partial charge in [0.05, 0.1) is 27.3 Å². The Labute approximate surface area is 189 Å². The van der Waals surface area contributed by atoms with E-state index >= 15 is 0 Å². The molecule has 0 saturated heterocycles. The Morgan fingerprint density at radius 2 is 1.55 bits per heavy atom. The predicted octanol–water partition coefficient (Wildman–Crippen LogP) is 5.33. The minimum atomic E-state index is -4.80. The van der Waals surface area contributed by atoms with E-state index in [4.69, 9.17) is 4.74 Å². The van der Waals surface area contributed by atoms with Gasteiger partial charge < -0.3 is 4.74 Å². The molecule has 1 aromatic heterocycles. The third kappa shape index (κ3) is 4.80. The van der Waals surface area contributed by atoms with Crippen LogP contribution in [0.1, 0.15) is 48.0 Å². The van der Waals surface area contributed by atoms with Gasteiger partial charge in [-0.2, -0.15) is 18.3 Å². The molecule has 0 bridgehead atoms. The highest BCUT2D eigenvalue weighted by Crippen LogP contribution is 2.37. The molecule has 3 rings (SSSR count). The molecule has 0 saturated carbocycles. The molecule has 0 amide bonds. The second-order valence-corrected chi connectivity index (χ2v) is 10.4. The second-order valence-electron chi connectivity index (χ2n) is 8.55. The topological polar surface area (TPSA) is 78.3 Å². The largest absolute Gasteiger partial charge is 0.417 e. The zero-order valence-corrected chi connectivity index (χ0v) is 19.5.